The van der Waals surface area contributed by atoms with E-state index in [0.717, 1.165) is 10.8 Å². The van der Waals surface area contributed by atoms with Crippen molar-refractivity contribution in [3.8, 4) is 0 Å². The molecule has 0 radical (unpaired) electrons. The molecule has 4 heteroatoms. The van der Waals surface area contributed by atoms with Gasteiger partial charge in [0.1, 0.15) is 0 Å². The molecule has 0 spiro atoms. The van der Waals surface area contributed by atoms with Crippen LogP contribution in [0.3, 0.4) is 0 Å². The van der Waals surface area contributed by atoms with Crippen LogP contribution in [0.25, 0.3) is 10.8 Å². The van der Waals surface area contributed by atoms with Crippen LogP contribution in [0.2, 0.25) is 0 Å². The minimum Gasteiger partial charge on any atom is -0.768 e. The van der Waals surface area contributed by atoms with E-state index in [1.165, 1.54) is 37.7 Å². The average molecular weight is 296 g/mol. The molecule has 0 bridgehead atoms. The van der Waals surface area contributed by atoms with Crippen LogP contribution in [-0.2, 0) is 11.1 Å². The Morgan fingerprint density at radius 3 is 2.50 bits per heavy atom. The van der Waals surface area contributed by atoms with E-state index in [1.807, 2.05) is 12.1 Å². The third-order valence-electron chi connectivity index (χ3n) is 4.12. The second kappa shape index (κ2) is 7.19. The molecule has 0 amide bonds. The van der Waals surface area contributed by atoms with Gasteiger partial charge in [-0.05, 0) is 58.3 Å². The molecule has 20 heavy (non-hydrogen) atoms. The fraction of sp³-hybridized carbons (Fsp3) is 0.375. The summed E-state index contributed by atoms with van der Waals surface area (Å²) >= 11 is -2.15. The fourth-order valence-corrected chi connectivity index (χ4v) is 3.54. The van der Waals surface area contributed by atoms with Crippen molar-refractivity contribution < 1.29 is 38.3 Å². The molecule has 0 aromatic heterocycles. The van der Waals surface area contributed by atoms with Crippen LogP contribution in [0.15, 0.2) is 41.3 Å². The molecular formula is C16H17NaO2S. The first-order valence-electron chi connectivity index (χ1n) is 6.87. The van der Waals surface area contributed by atoms with Gasteiger partial charge in [0.25, 0.3) is 0 Å². The van der Waals surface area contributed by atoms with Gasteiger partial charge in [-0.2, -0.15) is 0 Å². The van der Waals surface area contributed by atoms with E-state index in [9.17, 15) is 8.76 Å². The van der Waals surface area contributed by atoms with E-state index in [2.05, 4.69) is 18.2 Å². The van der Waals surface area contributed by atoms with Gasteiger partial charge in [-0.3, -0.25) is 4.21 Å². The third-order valence-corrected chi connectivity index (χ3v) is 4.76. The number of hydrogen-bond acceptors (Lipinski definition) is 2. The molecule has 1 unspecified atom stereocenters. The largest absolute Gasteiger partial charge is 1.00 e. The summed E-state index contributed by atoms with van der Waals surface area (Å²) in [4.78, 5) is 0.385. The van der Waals surface area contributed by atoms with Crippen molar-refractivity contribution in [1.82, 2.24) is 0 Å². The maximum absolute atomic E-state index is 11.1. The van der Waals surface area contributed by atoms with E-state index < -0.39 is 11.1 Å². The van der Waals surface area contributed by atoms with Crippen LogP contribution >= 0.6 is 0 Å². The van der Waals surface area contributed by atoms with Gasteiger partial charge in [0, 0.05) is 4.90 Å². The monoisotopic (exact) mass is 296 g/mol. The molecular weight excluding hydrogens is 279 g/mol. The SMILES string of the molecule is O=S([O-])c1ccc2cccc(C3CCCCC3)c2c1.[Na+]. The molecule has 2 nitrogen and oxygen atoms in total. The molecule has 1 saturated carbocycles. The van der Waals surface area contributed by atoms with Gasteiger partial charge in [-0.15, -0.1) is 0 Å². The number of hydrogen-bond donors (Lipinski definition) is 0. The molecule has 0 saturated heterocycles. The van der Waals surface area contributed by atoms with E-state index in [1.54, 1.807) is 6.07 Å². The number of benzene rings is 2. The van der Waals surface area contributed by atoms with Gasteiger partial charge in [0.2, 0.25) is 0 Å². The van der Waals surface area contributed by atoms with Crippen molar-refractivity contribution in [3.63, 3.8) is 0 Å². The minimum atomic E-state index is -2.15. The molecule has 2 aromatic rings. The summed E-state index contributed by atoms with van der Waals surface area (Å²) in [6.07, 6.45) is 6.35. The van der Waals surface area contributed by atoms with Crippen molar-refractivity contribution in [2.45, 2.75) is 42.9 Å². The van der Waals surface area contributed by atoms with Crippen LogP contribution in [-0.4, -0.2) is 8.76 Å². The Kier molecular flexibility index (Phi) is 5.82. The molecule has 0 aliphatic heterocycles. The van der Waals surface area contributed by atoms with Crippen molar-refractivity contribution in [2.75, 3.05) is 0 Å². The van der Waals surface area contributed by atoms with Gasteiger partial charge in [0.05, 0.1) is 0 Å². The van der Waals surface area contributed by atoms with Crippen molar-refractivity contribution in [2.24, 2.45) is 0 Å². The van der Waals surface area contributed by atoms with E-state index in [-0.39, 0.29) is 29.6 Å². The average Bonchev–Trinajstić information content (AvgIpc) is 2.47. The summed E-state index contributed by atoms with van der Waals surface area (Å²) in [5.74, 6) is 0.591. The van der Waals surface area contributed by atoms with Crippen LogP contribution in [0.4, 0.5) is 0 Å². The Bertz CT molecular complexity index is 621. The first kappa shape index (κ1) is 16.2. The van der Waals surface area contributed by atoms with Gasteiger partial charge in [-0.25, -0.2) is 0 Å². The predicted molar refractivity (Wildman–Crippen MR) is 77.0 cm³/mol. The predicted octanol–water partition coefficient (Wildman–Crippen LogP) is 1.13. The zero-order valence-electron chi connectivity index (χ0n) is 11.8. The van der Waals surface area contributed by atoms with E-state index in [4.69, 9.17) is 0 Å². The maximum atomic E-state index is 11.1. The summed E-state index contributed by atoms with van der Waals surface area (Å²) in [7, 11) is 0. The fourth-order valence-electron chi connectivity index (χ4n) is 3.15. The second-order valence-corrected chi connectivity index (χ2v) is 6.24. The summed E-state index contributed by atoms with van der Waals surface area (Å²) in [6.45, 7) is 0. The molecule has 2 aromatic carbocycles. The molecule has 3 rings (SSSR count). The quantitative estimate of drug-likeness (QED) is 0.616. The maximum Gasteiger partial charge on any atom is 1.00 e. The van der Waals surface area contributed by atoms with Crippen LogP contribution < -0.4 is 29.6 Å². The first-order chi connectivity index (χ1) is 9.25. The van der Waals surface area contributed by atoms with Crippen LogP contribution in [0.5, 0.6) is 0 Å². The van der Waals surface area contributed by atoms with Gasteiger partial charge < -0.3 is 4.55 Å². The normalized spacial score (nSPS) is 17.6. The summed E-state index contributed by atoms with van der Waals surface area (Å²) in [5.41, 5.74) is 1.32. The van der Waals surface area contributed by atoms with Gasteiger partial charge in [0.15, 0.2) is 0 Å². The molecule has 100 valence electrons. The van der Waals surface area contributed by atoms with E-state index >= 15 is 0 Å². The molecule has 1 atom stereocenters. The molecule has 0 N–H and O–H groups in total. The Hall–Kier alpha value is -0.190. The van der Waals surface area contributed by atoms with Crippen LogP contribution in [0, 0.1) is 0 Å². The Balaban J connectivity index is 0.00000147. The zero-order valence-corrected chi connectivity index (χ0v) is 14.6. The third kappa shape index (κ3) is 3.34. The molecule has 1 fully saturated rings. The molecule has 1 aliphatic carbocycles. The van der Waals surface area contributed by atoms with Gasteiger partial charge >= 0.3 is 29.6 Å². The smallest absolute Gasteiger partial charge is 0.768 e. The van der Waals surface area contributed by atoms with Gasteiger partial charge in [-0.1, -0.05) is 43.5 Å². The Morgan fingerprint density at radius 2 is 1.80 bits per heavy atom. The Labute approximate surface area is 144 Å². The minimum absolute atomic E-state index is 0. The van der Waals surface area contributed by atoms with E-state index in [0.29, 0.717) is 10.8 Å². The molecule has 1 aliphatic rings. The Morgan fingerprint density at radius 1 is 1.05 bits per heavy atom. The standard InChI is InChI=1S/C16H18O2S.Na/c17-19(18)14-10-9-13-7-4-8-15(16(13)11-14)12-5-2-1-3-6-12;/h4,7-12H,1-3,5-6H2,(H,17,18);/q;+1/p-1. The first-order valence-corrected chi connectivity index (χ1v) is 7.95. The topological polar surface area (TPSA) is 40.1 Å². The second-order valence-electron chi connectivity index (χ2n) is 5.30. The summed E-state index contributed by atoms with van der Waals surface area (Å²) in [6, 6.07) is 11.7. The number of fused-ring (bicyclic) bond motifs is 1. The summed E-state index contributed by atoms with van der Waals surface area (Å²) < 4.78 is 22.3. The van der Waals surface area contributed by atoms with Crippen molar-refractivity contribution >= 4 is 21.9 Å². The van der Waals surface area contributed by atoms with Crippen molar-refractivity contribution in [1.29, 1.82) is 0 Å². The number of rotatable bonds is 2. The zero-order chi connectivity index (χ0) is 13.2. The summed E-state index contributed by atoms with van der Waals surface area (Å²) in [5, 5.41) is 2.24. The molecule has 0 heterocycles. The van der Waals surface area contributed by atoms with Crippen LogP contribution in [0.1, 0.15) is 43.6 Å². The van der Waals surface area contributed by atoms with Crippen molar-refractivity contribution in [3.05, 3.63) is 42.0 Å².